The minimum absolute atomic E-state index is 0.422. The van der Waals surface area contributed by atoms with Crippen LogP contribution in [-0.2, 0) is 5.75 Å². The van der Waals surface area contributed by atoms with E-state index in [9.17, 15) is 0 Å². The van der Waals surface area contributed by atoms with E-state index < -0.39 is 0 Å². The molecule has 2 rings (SSSR count). The Morgan fingerprint density at radius 1 is 1.40 bits per heavy atom. The smallest absolute Gasteiger partial charge is 0.0719 e. The molecule has 0 aliphatic carbocycles. The molecule has 2 N–H and O–H groups in total. The van der Waals surface area contributed by atoms with Crippen molar-refractivity contribution in [2.45, 2.75) is 25.6 Å². The summed E-state index contributed by atoms with van der Waals surface area (Å²) in [5, 5.41) is 1.22. The van der Waals surface area contributed by atoms with E-state index in [2.05, 4.69) is 43.3 Å². The molecule has 0 bridgehead atoms. The van der Waals surface area contributed by atoms with E-state index in [4.69, 9.17) is 5.73 Å². The molecule has 0 amide bonds. The van der Waals surface area contributed by atoms with Gasteiger partial charge >= 0.3 is 0 Å². The number of nitrogen functional groups attached to an aromatic ring is 1. The summed E-state index contributed by atoms with van der Waals surface area (Å²) in [6.07, 6.45) is 2.15. The second-order valence-electron chi connectivity index (χ2n) is 4.06. The quantitative estimate of drug-likeness (QED) is 0.591. The summed E-state index contributed by atoms with van der Waals surface area (Å²) >= 11 is 4.35. The summed E-state index contributed by atoms with van der Waals surface area (Å²) in [6, 6.07) is 6.47. The number of fused-ring (bicyclic) bond motifs is 1. The zero-order valence-electron chi connectivity index (χ0n) is 9.07. The summed E-state index contributed by atoms with van der Waals surface area (Å²) in [4.78, 5) is 0. The highest BCUT2D eigenvalue weighted by atomic mass is 32.1. The average molecular weight is 220 g/mol. The topological polar surface area (TPSA) is 30.9 Å². The Morgan fingerprint density at radius 2 is 2.13 bits per heavy atom. The number of para-hydroxylation sites is 1. The molecule has 0 atom stereocenters. The van der Waals surface area contributed by atoms with Crippen LogP contribution in [0.25, 0.3) is 10.9 Å². The Kier molecular flexibility index (Phi) is 2.65. The SMILES string of the molecule is CC(C)n1cc(CS)c2cccc(N)c21. The van der Waals surface area contributed by atoms with Crippen LogP contribution in [0.15, 0.2) is 24.4 Å². The molecule has 2 nitrogen and oxygen atoms in total. The zero-order valence-corrected chi connectivity index (χ0v) is 9.96. The van der Waals surface area contributed by atoms with Crippen LogP contribution < -0.4 is 5.73 Å². The van der Waals surface area contributed by atoms with Gasteiger partial charge in [-0.05, 0) is 25.5 Å². The van der Waals surface area contributed by atoms with Gasteiger partial charge in [-0.3, -0.25) is 0 Å². The third kappa shape index (κ3) is 1.61. The molecule has 1 aromatic heterocycles. The maximum atomic E-state index is 6.02. The maximum absolute atomic E-state index is 6.02. The number of benzene rings is 1. The molecule has 0 radical (unpaired) electrons. The molecule has 80 valence electrons. The van der Waals surface area contributed by atoms with Crippen molar-refractivity contribution in [1.82, 2.24) is 4.57 Å². The molecular formula is C12H16N2S. The lowest BCUT2D eigenvalue weighted by atomic mass is 10.2. The van der Waals surface area contributed by atoms with Crippen molar-refractivity contribution < 1.29 is 0 Å². The Hall–Kier alpha value is -1.09. The first-order valence-corrected chi connectivity index (χ1v) is 5.77. The third-order valence-electron chi connectivity index (χ3n) is 2.69. The summed E-state index contributed by atoms with van der Waals surface area (Å²) in [5.41, 5.74) is 9.24. The fraction of sp³-hybridized carbons (Fsp3) is 0.333. The lowest BCUT2D eigenvalue weighted by molar-refractivity contribution is 0.622. The fourth-order valence-electron chi connectivity index (χ4n) is 1.94. The van der Waals surface area contributed by atoms with Crippen molar-refractivity contribution in [3.8, 4) is 0 Å². The first-order valence-electron chi connectivity index (χ1n) is 5.14. The van der Waals surface area contributed by atoms with Crippen LogP contribution in [-0.4, -0.2) is 4.57 Å². The van der Waals surface area contributed by atoms with E-state index in [0.29, 0.717) is 6.04 Å². The van der Waals surface area contributed by atoms with Gasteiger partial charge < -0.3 is 10.3 Å². The predicted molar refractivity (Wildman–Crippen MR) is 69.4 cm³/mol. The Labute approximate surface area is 95.5 Å². The first-order chi connectivity index (χ1) is 7.15. The second kappa shape index (κ2) is 3.81. The highest BCUT2D eigenvalue weighted by Gasteiger charge is 2.11. The number of hydrogen-bond donors (Lipinski definition) is 2. The summed E-state index contributed by atoms with van der Waals surface area (Å²) in [6.45, 7) is 4.32. The summed E-state index contributed by atoms with van der Waals surface area (Å²) < 4.78 is 2.22. The van der Waals surface area contributed by atoms with Crippen molar-refractivity contribution in [2.75, 3.05) is 5.73 Å². The third-order valence-corrected chi connectivity index (χ3v) is 3.03. The number of anilines is 1. The number of nitrogens with zero attached hydrogens (tertiary/aromatic N) is 1. The predicted octanol–water partition coefficient (Wildman–Crippen LogP) is 3.23. The molecule has 15 heavy (non-hydrogen) atoms. The molecule has 0 saturated carbocycles. The molecule has 0 aliphatic rings. The van der Waals surface area contributed by atoms with Gasteiger partial charge in [0.25, 0.3) is 0 Å². The average Bonchev–Trinajstić information content (AvgIpc) is 2.58. The summed E-state index contributed by atoms with van der Waals surface area (Å²) in [5.74, 6) is 0.750. The van der Waals surface area contributed by atoms with Gasteiger partial charge in [0.1, 0.15) is 0 Å². The molecule has 2 aromatic rings. The number of aromatic nitrogens is 1. The van der Waals surface area contributed by atoms with Crippen LogP contribution in [0.3, 0.4) is 0 Å². The van der Waals surface area contributed by atoms with Crippen LogP contribution in [0.4, 0.5) is 5.69 Å². The number of nitrogens with two attached hydrogens (primary N) is 1. The molecule has 0 saturated heterocycles. The number of hydrogen-bond acceptors (Lipinski definition) is 2. The lowest BCUT2D eigenvalue weighted by Crippen LogP contribution is -2.00. The van der Waals surface area contributed by atoms with E-state index in [1.54, 1.807) is 0 Å². The maximum Gasteiger partial charge on any atom is 0.0719 e. The monoisotopic (exact) mass is 220 g/mol. The number of rotatable bonds is 2. The van der Waals surface area contributed by atoms with E-state index in [1.807, 2.05) is 12.1 Å². The first kappa shape index (κ1) is 10.4. The summed E-state index contributed by atoms with van der Waals surface area (Å²) in [7, 11) is 0. The zero-order chi connectivity index (χ0) is 11.0. The van der Waals surface area contributed by atoms with Crippen LogP contribution in [0.1, 0.15) is 25.5 Å². The van der Waals surface area contributed by atoms with Crippen LogP contribution in [0.5, 0.6) is 0 Å². The highest BCUT2D eigenvalue weighted by molar-refractivity contribution is 7.79. The molecule has 1 aromatic carbocycles. The van der Waals surface area contributed by atoms with Crippen molar-refractivity contribution >= 4 is 29.2 Å². The van der Waals surface area contributed by atoms with Gasteiger partial charge in [0.2, 0.25) is 0 Å². The molecular weight excluding hydrogens is 204 g/mol. The fourth-order valence-corrected chi connectivity index (χ4v) is 2.20. The van der Waals surface area contributed by atoms with Gasteiger partial charge in [0.05, 0.1) is 11.2 Å². The van der Waals surface area contributed by atoms with Crippen molar-refractivity contribution in [2.24, 2.45) is 0 Å². The Morgan fingerprint density at radius 3 is 2.73 bits per heavy atom. The van der Waals surface area contributed by atoms with E-state index >= 15 is 0 Å². The largest absolute Gasteiger partial charge is 0.397 e. The molecule has 0 aliphatic heterocycles. The van der Waals surface area contributed by atoms with Gasteiger partial charge in [-0.2, -0.15) is 12.6 Å². The van der Waals surface area contributed by atoms with E-state index in [0.717, 1.165) is 17.0 Å². The molecule has 3 heteroatoms. The van der Waals surface area contributed by atoms with Crippen molar-refractivity contribution in [3.63, 3.8) is 0 Å². The standard InChI is InChI=1S/C12H16N2S/c1-8(2)14-6-9(7-15)10-4-3-5-11(13)12(10)14/h3-6,8,15H,7,13H2,1-2H3. The number of thiol groups is 1. The molecule has 1 heterocycles. The highest BCUT2D eigenvalue weighted by Crippen LogP contribution is 2.29. The minimum Gasteiger partial charge on any atom is -0.397 e. The van der Waals surface area contributed by atoms with Gasteiger partial charge in [0, 0.05) is 23.4 Å². The van der Waals surface area contributed by atoms with Gasteiger partial charge in [-0.25, -0.2) is 0 Å². The lowest BCUT2D eigenvalue weighted by Gasteiger charge is -2.10. The molecule has 0 spiro atoms. The van der Waals surface area contributed by atoms with Crippen LogP contribution >= 0.6 is 12.6 Å². The minimum atomic E-state index is 0.422. The Balaban J connectivity index is 2.82. The van der Waals surface area contributed by atoms with Gasteiger partial charge in [0.15, 0.2) is 0 Å². The van der Waals surface area contributed by atoms with Gasteiger partial charge in [-0.1, -0.05) is 12.1 Å². The van der Waals surface area contributed by atoms with Crippen molar-refractivity contribution in [3.05, 3.63) is 30.0 Å². The van der Waals surface area contributed by atoms with E-state index in [-0.39, 0.29) is 0 Å². The molecule has 0 fully saturated rings. The van der Waals surface area contributed by atoms with Crippen LogP contribution in [0.2, 0.25) is 0 Å². The normalized spacial score (nSPS) is 11.5. The second-order valence-corrected chi connectivity index (χ2v) is 4.37. The van der Waals surface area contributed by atoms with E-state index in [1.165, 1.54) is 10.9 Å². The Bertz CT molecular complexity index is 486. The van der Waals surface area contributed by atoms with Gasteiger partial charge in [-0.15, -0.1) is 0 Å². The molecule has 0 unspecified atom stereocenters. The van der Waals surface area contributed by atoms with Crippen molar-refractivity contribution in [1.29, 1.82) is 0 Å². The van der Waals surface area contributed by atoms with Crippen LogP contribution in [0, 0.1) is 0 Å².